The Bertz CT molecular complexity index is 1050. The Morgan fingerprint density at radius 2 is 1.87 bits per heavy atom. The second kappa shape index (κ2) is 9.85. The van der Waals surface area contributed by atoms with Crippen LogP contribution in [-0.4, -0.2) is 27.5 Å². The zero-order valence-corrected chi connectivity index (χ0v) is 17.1. The molecular formula is C25H25NO4. The highest BCUT2D eigenvalue weighted by Gasteiger charge is 2.11. The number of carbonyl (C=O) groups is 2. The maximum absolute atomic E-state index is 12.6. The SMILES string of the molecule is Cc1ccc(C(=O)c2ccn(CC=Cc3cccc(CO[C@H](C)C(=O)O)c3)c2)cc1. The number of aliphatic carboxylic acids is 1. The maximum Gasteiger partial charge on any atom is 0.332 e. The van der Waals surface area contributed by atoms with Crippen LogP contribution in [0.2, 0.25) is 0 Å². The highest BCUT2D eigenvalue weighted by atomic mass is 16.5. The van der Waals surface area contributed by atoms with Crippen molar-refractivity contribution in [2.24, 2.45) is 0 Å². The fraction of sp³-hybridized carbons (Fsp3) is 0.200. The van der Waals surface area contributed by atoms with Crippen molar-refractivity contribution in [3.05, 3.63) is 101 Å². The summed E-state index contributed by atoms with van der Waals surface area (Å²) in [6, 6.07) is 17.2. The normalized spacial score (nSPS) is 12.2. The molecule has 0 amide bonds. The lowest BCUT2D eigenvalue weighted by atomic mass is 10.0. The molecule has 5 nitrogen and oxygen atoms in total. The van der Waals surface area contributed by atoms with Gasteiger partial charge in [-0.05, 0) is 37.1 Å². The highest BCUT2D eigenvalue weighted by Crippen LogP contribution is 2.13. The number of carbonyl (C=O) groups excluding carboxylic acids is 1. The van der Waals surface area contributed by atoms with Crippen molar-refractivity contribution in [3.8, 4) is 0 Å². The molecule has 3 rings (SSSR count). The number of rotatable bonds is 9. The van der Waals surface area contributed by atoms with E-state index in [1.807, 2.05) is 90.6 Å². The molecule has 1 atom stereocenters. The molecule has 30 heavy (non-hydrogen) atoms. The van der Waals surface area contributed by atoms with Gasteiger partial charge in [-0.2, -0.15) is 0 Å². The van der Waals surface area contributed by atoms with Gasteiger partial charge in [-0.25, -0.2) is 4.79 Å². The number of aromatic nitrogens is 1. The molecule has 0 aliphatic rings. The van der Waals surface area contributed by atoms with Crippen molar-refractivity contribution in [2.75, 3.05) is 0 Å². The van der Waals surface area contributed by atoms with Gasteiger partial charge in [0, 0.05) is 30.1 Å². The number of ether oxygens (including phenoxy) is 1. The van der Waals surface area contributed by atoms with Gasteiger partial charge in [-0.1, -0.05) is 60.2 Å². The zero-order chi connectivity index (χ0) is 21.5. The summed E-state index contributed by atoms with van der Waals surface area (Å²) in [6.45, 7) is 4.40. The smallest absolute Gasteiger partial charge is 0.332 e. The molecule has 0 unspecified atom stereocenters. The van der Waals surface area contributed by atoms with Crippen LogP contribution in [0.3, 0.4) is 0 Å². The first-order valence-electron chi connectivity index (χ1n) is 9.79. The number of carboxylic acids is 1. The average Bonchev–Trinajstić information content (AvgIpc) is 3.21. The Hall–Kier alpha value is -3.44. The van der Waals surface area contributed by atoms with Crippen LogP contribution in [0.25, 0.3) is 6.08 Å². The maximum atomic E-state index is 12.6. The molecule has 0 saturated carbocycles. The topological polar surface area (TPSA) is 68.5 Å². The highest BCUT2D eigenvalue weighted by molar-refractivity contribution is 6.08. The van der Waals surface area contributed by atoms with E-state index >= 15 is 0 Å². The molecule has 0 saturated heterocycles. The van der Waals surface area contributed by atoms with Crippen molar-refractivity contribution in [1.29, 1.82) is 0 Å². The summed E-state index contributed by atoms with van der Waals surface area (Å²) in [5.41, 5.74) is 4.39. The number of aryl methyl sites for hydroxylation is 1. The molecule has 0 radical (unpaired) electrons. The number of hydrogen-bond acceptors (Lipinski definition) is 3. The summed E-state index contributed by atoms with van der Waals surface area (Å²) in [6.07, 6.45) is 6.91. The van der Waals surface area contributed by atoms with Crippen LogP contribution >= 0.6 is 0 Å². The third-order valence-electron chi connectivity index (χ3n) is 4.75. The van der Waals surface area contributed by atoms with E-state index in [1.165, 1.54) is 6.92 Å². The monoisotopic (exact) mass is 403 g/mol. The van der Waals surface area contributed by atoms with E-state index in [4.69, 9.17) is 9.84 Å². The molecule has 0 fully saturated rings. The van der Waals surface area contributed by atoms with Gasteiger partial charge in [-0.15, -0.1) is 0 Å². The predicted octanol–water partition coefficient (Wildman–Crippen LogP) is 4.73. The lowest BCUT2D eigenvalue weighted by Crippen LogP contribution is -2.19. The van der Waals surface area contributed by atoms with Crippen LogP contribution in [0, 0.1) is 6.92 Å². The van der Waals surface area contributed by atoms with Gasteiger partial charge in [0.05, 0.1) is 6.61 Å². The van der Waals surface area contributed by atoms with Crippen LogP contribution < -0.4 is 0 Å². The van der Waals surface area contributed by atoms with Crippen LogP contribution in [0.5, 0.6) is 0 Å². The minimum absolute atomic E-state index is 0.0148. The fourth-order valence-corrected chi connectivity index (χ4v) is 2.95. The Kier molecular flexibility index (Phi) is 6.99. The largest absolute Gasteiger partial charge is 0.479 e. The molecular weight excluding hydrogens is 378 g/mol. The van der Waals surface area contributed by atoms with Crippen molar-refractivity contribution >= 4 is 17.8 Å². The summed E-state index contributed by atoms with van der Waals surface area (Å²) >= 11 is 0. The van der Waals surface area contributed by atoms with Gasteiger partial charge in [-0.3, -0.25) is 4.79 Å². The van der Waals surface area contributed by atoms with Crippen molar-refractivity contribution in [3.63, 3.8) is 0 Å². The van der Waals surface area contributed by atoms with E-state index < -0.39 is 12.1 Å². The molecule has 1 heterocycles. The van der Waals surface area contributed by atoms with Crippen molar-refractivity contribution in [1.82, 2.24) is 4.57 Å². The minimum Gasteiger partial charge on any atom is -0.479 e. The molecule has 0 aliphatic heterocycles. The average molecular weight is 403 g/mol. The number of carboxylic acid groups (broad SMARTS) is 1. The predicted molar refractivity (Wildman–Crippen MR) is 116 cm³/mol. The number of ketones is 1. The van der Waals surface area contributed by atoms with E-state index in [0.29, 0.717) is 17.7 Å². The fourth-order valence-electron chi connectivity index (χ4n) is 2.95. The Morgan fingerprint density at radius 3 is 2.60 bits per heavy atom. The third-order valence-corrected chi connectivity index (χ3v) is 4.75. The first kappa shape index (κ1) is 21.3. The van der Waals surface area contributed by atoms with Crippen LogP contribution in [0.4, 0.5) is 0 Å². The lowest BCUT2D eigenvalue weighted by molar-refractivity contribution is -0.149. The number of benzene rings is 2. The Balaban J connectivity index is 1.58. The molecule has 3 aromatic rings. The van der Waals surface area contributed by atoms with E-state index in [-0.39, 0.29) is 12.4 Å². The Morgan fingerprint density at radius 1 is 1.10 bits per heavy atom. The molecule has 2 aromatic carbocycles. The van der Waals surface area contributed by atoms with Gasteiger partial charge >= 0.3 is 5.97 Å². The number of allylic oxidation sites excluding steroid dienone is 1. The zero-order valence-electron chi connectivity index (χ0n) is 17.1. The van der Waals surface area contributed by atoms with E-state index in [9.17, 15) is 9.59 Å². The summed E-state index contributed by atoms with van der Waals surface area (Å²) in [5, 5.41) is 8.89. The Labute approximate surface area is 176 Å². The molecule has 0 spiro atoms. The van der Waals surface area contributed by atoms with Crippen molar-refractivity contribution in [2.45, 2.75) is 33.1 Å². The summed E-state index contributed by atoms with van der Waals surface area (Å²) in [5.74, 6) is -0.959. The molecule has 1 aromatic heterocycles. The second-order valence-electron chi connectivity index (χ2n) is 7.23. The summed E-state index contributed by atoms with van der Waals surface area (Å²) in [4.78, 5) is 23.4. The van der Waals surface area contributed by atoms with E-state index in [1.54, 1.807) is 0 Å². The van der Waals surface area contributed by atoms with Crippen molar-refractivity contribution < 1.29 is 19.4 Å². The van der Waals surface area contributed by atoms with Gasteiger partial charge in [0.1, 0.15) is 0 Å². The molecule has 154 valence electrons. The van der Waals surface area contributed by atoms with E-state index in [0.717, 1.165) is 16.7 Å². The van der Waals surface area contributed by atoms with Gasteiger partial charge in [0.25, 0.3) is 0 Å². The summed E-state index contributed by atoms with van der Waals surface area (Å²) < 4.78 is 7.28. The molecule has 0 bridgehead atoms. The first-order chi connectivity index (χ1) is 14.4. The van der Waals surface area contributed by atoms with Crippen LogP contribution in [0.1, 0.15) is 39.5 Å². The lowest BCUT2D eigenvalue weighted by Gasteiger charge is -2.08. The quantitative estimate of drug-likeness (QED) is 0.525. The van der Waals surface area contributed by atoms with Gasteiger partial charge in [0.2, 0.25) is 0 Å². The molecule has 5 heteroatoms. The summed E-state index contributed by atoms with van der Waals surface area (Å²) in [7, 11) is 0. The first-order valence-corrected chi connectivity index (χ1v) is 9.79. The van der Waals surface area contributed by atoms with Gasteiger partial charge < -0.3 is 14.4 Å². The standard InChI is InChI=1S/C25H25NO4/c1-18-8-10-22(11-9-18)24(27)23-12-14-26(16-23)13-4-7-20-5-3-6-21(15-20)17-30-19(2)25(28)29/h3-12,14-16,19H,13,17H2,1-2H3,(H,28,29)/t19-/m1/s1. The third kappa shape index (κ3) is 5.78. The minimum atomic E-state index is -0.974. The van der Waals surface area contributed by atoms with Crippen LogP contribution in [0.15, 0.2) is 73.1 Å². The van der Waals surface area contributed by atoms with Crippen LogP contribution in [-0.2, 0) is 22.7 Å². The number of hydrogen-bond donors (Lipinski definition) is 1. The molecule has 1 N–H and O–H groups in total. The molecule has 0 aliphatic carbocycles. The van der Waals surface area contributed by atoms with Gasteiger partial charge in [0.15, 0.2) is 11.9 Å². The van der Waals surface area contributed by atoms with E-state index in [2.05, 4.69) is 0 Å². The number of nitrogens with zero attached hydrogens (tertiary/aromatic N) is 1. The second-order valence-corrected chi connectivity index (χ2v) is 7.23.